The van der Waals surface area contributed by atoms with Crippen LogP contribution in [-0.2, 0) is 0 Å². The first kappa shape index (κ1) is 19.4. The molecule has 30 heavy (non-hydrogen) atoms. The molecule has 5 heteroatoms. The topological polar surface area (TPSA) is 46.6 Å². The van der Waals surface area contributed by atoms with Crippen LogP contribution in [0.2, 0.25) is 0 Å². The maximum absolute atomic E-state index is 6.14. The smallest absolute Gasteiger partial charge is 0.163 e. The van der Waals surface area contributed by atoms with Gasteiger partial charge in [0.05, 0.1) is 30.4 Å². The van der Waals surface area contributed by atoms with E-state index in [2.05, 4.69) is 34.5 Å². The Morgan fingerprint density at radius 2 is 1.87 bits per heavy atom. The van der Waals surface area contributed by atoms with Gasteiger partial charge in [0.2, 0.25) is 0 Å². The number of benzene rings is 2. The van der Waals surface area contributed by atoms with Gasteiger partial charge in [0.1, 0.15) is 0 Å². The summed E-state index contributed by atoms with van der Waals surface area (Å²) in [7, 11) is 1.71. The summed E-state index contributed by atoms with van der Waals surface area (Å²) in [4.78, 5) is 7.44. The molecule has 3 aromatic rings. The minimum absolute atomic E-state index is 0.693. The van der Waals surface area contributed by atoms with Gasteiger partial charge in [-0.15, -0.1) is 0 Å². The van der Waals surface area contributed by atoms with Gasteiger partial charge in [-0.3, -0.25) is 0 Å². The first-order valence-corrected chi connectivity index (χ1v) is 11.3. The molecule has 0 amide bonds. The summed E-state index contributed by atoms with van der Waals surface area (Å²) in [5, 5.41) is 5.96. The molecule has 0 radical (unpaired) electrons. The summed E-state index contributed by atoms with van der Waals surface area (Å²) in [6, 6.07) is 12.5. The molecule has 2 fully saturated rings. The Morgan fingerprint density at radius 3 is 2.67 bits per heavy atom. The largest absolute Gasteiger partial charge is 0.493 e. The van der Waals surface area contributed by atoms with Gasteiger partial charge in [0, 0.05) is 29.9 Å². The van der Waals surface area contributed by atoms with Gasteiger partial charge in [-0.2, -0.15) is 0 Å². The molecule has 1 aromatic heterocycles. The second kappa shape index (κ2) is 8.68. The van der Waals surface area contributed by atoms with Gasteiger partial charge in [-0.05, 0) is 63.2 Å². The van der Waals surface area contributed by atoms with Crippen molar-refractivity contribution in [3.8, 4) is 11.5 Å². The summed E-state index contributed by atoms with van der Waals surface area (Å²) >= 11 is 0. The van der Waals surface area contributed by atoms with Crippen molar-refractivity contribution in [2.75, 3.05) is 45.2 Å². The van der Waals surface area contributed by atoms with Crippen LogP contribution in [0.3, 0.4) is 0 Å². The fourth-order valence-electron chi connectivity index (χ4n) is 4.41. The maximum atomic E-state index is 6.14. The Balaban J connectivity index is 1.42. The van der Waals surface area contributed by atoms with Crippen molar-refractivity contribution in [3.05, 3.63) is 36.4 Å². The van der Waals surface area contributed by atoms with Crippen molar-refractivity contribution in [2.24, 2.45) is 5.92 Å². The molecule has 1 aliphatic carbocycles. The highest BCUT2D eigenvalue weighted by molar-refractivity contribution is 6.08. The van der Waals surface area contributed by atoms with Crippen LogP contribution < -0.4 is 14.8 Å². The van der Waals surface area contributed by atoms with Crippen LogP contribution in [0.25, 0.3) is 21.8 Å². The third-order valence-corrected chi connectivity index (χ3v) is 6.30. The van der Waals surface area contributed by atoms with Gasteiger partial charge in [0.15, 0.2) is 11.5 Å². The van der Waals surface area contributed by atoms with Crippen LogP contribution >= 0.6 is 0 Å². The van der Waals surface area contributed by atoms with Crippen molar-refractivity contribution in [3.63, 3.8) is 0 Å². The normalized spacial score (nSPS) is 17.0. The number of aromatic nitrogens is 1. The van der Waals surface area contributed by atoms with E-state index in [1.165, 1.54) is 38.8 Å². The van der Waals surface area contributed by atoms with E-state index in [9.17, 15) is 0 Å². The van der Waals surface area contributed by atoms with Crippen LogP contribution in [0.1, 0.15) is 32.1 Å². The molecule has 2 aliphatic rings. The molecule has 0 atom stereocenters. The first-order chi connectivity index (χ1) is 14.8. The quantitative estimate of drug-likeness (QED) is 0.397. The monoisotopic (exact) mass is 405 g/mol. The highest BCUT2D eigenvalue weighted by Gasteiger charge is 2.22. The number of rotatable bonds is 9. The van der Waals surface area contributed by atoms with E-state index in [1.54, 1.807) is 7.11 Å². The molecular weight excluding hydrogens is 374 g/mol. The van der Waals surface area contributed by atoms with Crippen LogP contribution in [0.15, 0.2) is 36.4 Å². The van der Waals surface area contributed by atoms with Crippen molar-refractivity contribution < 1.29 is 9.47 Å². The lowest BCUT2D eigenvalue weighted by atomic mass is 10.1. The molecule has 5 nitrogen and oxygen atoms in total. The third kappa shape index (κ3) is 4.17. The highest BCUT2D eigenvalue weighted by Crippen LogP contribution is 2.39. The van der Waals surface area contributed by atoms with Crippen LogP contribution in [0.5, 0.6) is 11.5 Å². The Morgan fingerprint density at radius 1 is 1.03 bits per heavy atom. The van der Waals surface area contributed by atoms with E-state index in [4.69, 9.17) is 14.5 Å². The Kier molecular flexibility index (Phi) is 5.63. The molecule has 1 saturated carbocycles. The SMILES string of the molecule is COc1cc2c(NCC3CC3)c3ccccc3nc2cc1OCCCN1CCCC1. The van der Waals surface area contributed by atoms with E-state index in [1.807, 2.05) is 12.1 Å². The number of pyridine rings is 1. The Hall–Kier alpha value is -2.53. The lowest BCUT2D eigenvalue weighted by molar-refractivity contribution is 0.254. The average molecular weight is 406 g/mol. The van der Waals surface area contributed by atoms with Gasteiger partial charge in [0.25, 0.3) is 0 Å². The summed E-state index contributed by atoms with van der Waals surface area (Å²) in [6.45, 7) is 5.27. The molecule has 1 saturated heterocycles. The van der Waals surface area contributed by atoms with E-state index in [0.29, 0.717) is 6.61 Å². The molecule has 2 aromatic carbocycles. The Labute approximate surface area is 178 Å². The molecule has 158 valence electrons. The highest BCUT2D eigenvalue weighted by atomic mass is 16.5. The number of hydrogen-bond acceptors (Lipinski definition) is 5. The number of nitrogens with zero attached hydrogens (tertiary/aromatic N) is 2. The second-order valence-corrected chi connectivity index (χ2v) is 8.60. The molecular formula is C25H31N3O2. The van der Waals surface area contributed by atoms with Crippen LogP contribution in [0, 0.1) is 5.92 Å². The molecule has 0 unspecified atom stereocenters. The number of likely N-dealkylation sites (tertiary alicyclic amines) is 1. The minimum Gasteiger partial charge on any atom is -0.493 e. The molecule has 0 spiro atoms. The second-order valence-electron chi connectivity index (χ2n) is 8.60. The number of fused-ring (bicyclic) bond motifs is 2. The zero-order valence-corrected chi connectivity index (χ0v) is 17.8. The third-order valence-electron chi connectivity index (χ3n) is 6.30. The van der Waals surface area contributed by atoms with Gasteiger partial charge < -0.3 is 19.7 Å². The van der Waals surface area contributed by atoms with Gasteiger partial charge >= 0.3 is 0 Å². The molecule has 1 aliphatic heterocycles. The van der Waals surface area contributed by atoms with Crippen molar-refractivity contribution in [1.29, 1.82) is 0 Å². The average Bonchev–Trinajstić information content (AvgIpc) is 3.46. The summed E-state index contributed by atoms with van der Waals surface area (Å²) in [6.07, 6.45) is 6.34. The van der Waals surface area contributed by atoms with Gasteiger partial charge in [-0.1, -0.05) is 18.2 Å². The fourth-order valence-corrected chi connectivity index (χ4v) is 4.41. The Bertz CT molecular complexity index is 1030. The van der Waals surface area contributed by atoms with Gasteiger partial charge in [-0.25, -0.2) is 4.98 Å². The van der Waals surface area contributed by atoms with E-state index >= 15 is 0 Å². The van der Waals surface area contributed by atoms with Crippen LogP contribution in [0.4, 0.5) is 5.69 Å². The standard InChI is InChI=1S/C25H31N3O2/c1-29-23-15-20-22(16-24(23)30-14-6-13-28-11-4-5-12-28)27-21-8-3-2-7-19(21)25(20)26-17-18-9-10-18/h2-3,7-8,15-16,18H,4-6,9-14,17H2,1H3,(H,26,27). The summed E-state index contributed by atoms with van der Waals surface area (Å²) in [5.41, 5.74) is 3.11. The first-order valence-electron chi connectivity index (χ1n) is 11.3. The van der Waals surface area contributed by atoms with Crippen molar-refractivity contribution in [1.82, 2.24) is 9.88 Å². The van der Waals surface area contributed by atoms with Crippen molar-refractivity contribution >= 4 is 27.5 Å². The molecule has 0 bridgehead atoms. The van der Waals surface area contributed by atoms with Crippen molar-refractivity contribution in [2.45, 2.75) is 32.1 Å². The number of anilines is 1. The fraction of sp³-hybridized carbons (Fsp3) is 0.480. The number of hydrogen-bond donors (Lipinski definition) is 1. The van der Waals surface area contributed by atoms with Crippen LogP contribution in [-0.4, -0.2) is 49.8 Å². The predicted molar refractivity (Wildman–Crippen MR) is 123 cm³/mol. The van der Waals surface area contributed by atoms with E-state index < -0.39 is 0 Å². The maximum Gasteiger partial charge on any atom is 0.163 e. The number of nitrogens with one attached hydrogen (secondary N) is 1. The predicted octanol–water partition coefficient (Wildman–Crippen LogP) is 5.08. The molecule has 1 N–H and O–H groups in total. The van der Waals surface area contributed by atoms with E-state index in [0.717, 1.165) is 64.4 Å². The lowest BCUT2D eigenvalue weighted by Gasteiger charge is -2.17. The molecule has 2 heterocycles. The lowest BCUT2D eigenvalue weighted by Crippen LogP contribution is -2.21. The minimum atomic E-state index is 0.693. The summed E-state index contributed by atoms with van der Waals surface area (Å²) < 4.78 is 11.8. The molecule has 5 rings (SSSR count). The number of ether oxygens (including phenoxy) is 2. The number of methoxy groups -OCH3 is 1. The summed E-state index contributed by atoms with van der Waals surface area (Å²) in [5.74, 6) is 2.35. The zero-order chi connectivity index (χ0) is 20.3. The van der Waals surface area contributed by atoms with E-state index in [-0.39, 0.29) is 0 Å². The number of para-hydroxylation sites is 1. The zero-order valence-electron chi connectivity index (χ0n) is 17.8.